The van der Waals surface area contributed by atoms with Crippen molar-refractivity contribution in [3.63, 3.8) is 0 Å². The quantitative estimate of drug-likeness (QED) is 0.655. The van der Waals surface area contributed by atoms with Gasteiger partial charge in [-0.2, -0.15) is 0 Å². The SMILES string of the molecule is COc1ccc(-c2nc(-c3ccc(N(C)C)cc3)sc2C)c(OC)c1. The van der Waals surface area contributed by atoms with Gasteiger partial charge in [-0.25, -0.2) is 4.98 Å². The lowest BCUT2D eigenvalue weighted by atomic mass is 10.1. The first-order chi connectivity index (χ1) is 12.0. The van der Waals surface area contributed by atoms with Gasteiger partial charge in [0.25, 0.3) is 0 Å². The topological polar surface area (TPSA) is 34.6 Å². The maximum atomic E-state index is 5.53. The van der Waals surface area contributed by atoms with E-state index >= 15 is 0 Å². The summed E-state index contributed by atoms with van der Waals surface area (Å²) < 4.78 is 10.8. The fraction of sp³-hybridized carbons (Fsp3) is 0.250. The van der Waals surface area contributed by atoms with Crippen molar-refractivity contribution >= 4 is 17.0 Å². The van der Waals surface area contributed by atoms with E-state index in [4.69, 9.17) is 14.5 Å². The van der Waals surface area contributed by atoms with E-state index in [1.54, 1.807) is 25.6 Å². The summed E-state index contributed by atoms with van der Waals surface area (Å²) in [6.07, 6.45) is 0. The van der Waals surface area contributed by atoms with Crippen molar-refractivity contribution in [3.05, 3.63) is 47.3 Å². The molecule has 0 bridgehead atoms. The second-order valence-electron chi connectivity index (χ2n) is 5.93. The van der Waals surface area contributed by atoms with Crippen LogP contribution in [0.5, 0.6) is 11.5 Å². The fourth-order valence-electron chi connectivity index (χ4n) is 2.67. The largest absolute Gasteiger partial charge is 0.497 e. The molecule has 0 saturated carbocycles. The third-order valence-electron chi connectivity index (χ3n) is 4.09. The van der Waals surface area contributed by atoms with Crippen molar-refractivity contribution in [2.24, 2.45) is 0 Å². The molecule has 0 saturated heterocycles. The van der Waals surface area contributed by atoms with Crippen molar-refractivity contribution in [2.75, 3.05) is 33.2 Å². The number of aromatic nitrogens is 1. The van der Waals surface area contributed by atoms with Gasteiger partial charge in [0.05, 0.1) is 19.9 Å². The average Bonchev–Trinajstić information content (AvgIpc) is 3.02. The van der Waals surface area contributed by atoms with Crippen LogP contribution in [0.2, 0.25) is 0 Å². The molecule has 0 atom stereocenters. The minimum Gasteiger partial charge on any atom is -0.497 e. The van der Waals surface area contributed by atoms with Gasteiger partial charge in [-0.15, -0.1) is 11.3 Å². The van der Waals surface area contributed by atoms with E-state index in [0.717, 1.165) is 38.2 Å². The van der Waals surface area contributed by atoms with Crippen molar-refractivity contribution in [1.82, 2.24) is 4.98 Å². The lowest BCUT2D eigenvalue weighted by Gasteiger charge is -2.12. The number of aryl methyl sites for hydroxylation is 1. The van der Waals surface area contributed by atoms with Crippen LogP contribution in [-0.2, 0) is 0 Å². The number of methoxy groups -OCH3 is 2. The van der Waals surface area contributed by atoms with Crippen molar-refractivity contribution in [1.29, 1.82) is 0 Å². The highest BCUT2D eigenvalue weighted by molar-refractivity contribution is 7.15. The van der Waals surface area contributed by atoms with Crippen LogP contribution in [0.4, 0.5) is 5.69 Å². The summed E-state index contributed by atoms with van der Waals surface area (Å²) in [6, 6.07) is 14.3. The summed E-state index contributed by atoms with van der Waals surface area (Å²) in [5, 5.41) is 1.01. The van der Waals surface area contributed by atoms with Crippen LogP contribution in [0, 0.1) is 6.92 Å². The van der Waals surface area contributed by atoms with Crippen LogP contribution in [0.25, 0.3) is 21.8 Å². The molecule has 0 spiro atoms. The first-order valence-corrected chi connectivity index (χ1v) is 8.82. The molecule has 0 amide bonds. The van der Waals surface area contributed by atoms with E-state index in [-0.39, 0.29) is 0 Å². The highest BCUT2D eigenvalue weighted by Crippen LogP contribution is 2.39. The summed E-state index contributed by atoms with van der Waals surface area (Å²) in [5.74, 6) is 1.54. The molecule has 0 aliphatic rings. The Hall–Kier alpha value is -2.53. The van der Waals surface area contributed by atoms with Crippen molar-refractivity contribution < 1.29 is 9.47 Å². The minimum atomic E-state index is 0.766. The predicted octanol–water partition coefficient (Wildman–Crippen LogP) is 4.87. The molecule has 2 aromatic carbocycles. The minimum absolute atomic E-state index is 0.766. The molecule has 3 rings (SSSR count). The third-order valence-corrected chi connectivity index (χ3v) is 5.11. The molecule has 130 valence electrons. The molecule has 0 radical (unpaired) electrons. The average molecular weight is 354 g/mol. The number of hydrogen-bond donors (Lipinski definition) is 0. The zero-order chi connectivity index (χ0) is 18.0. The molecule has 1 aromatic heterocycles. The summed E-state index contributed by atoms with van der Waals surface area (Å²) in [7, 11) is 7.39. The maximum Gasteiger partial charge on any atom is 0.131 e. The van der Waals surface area contributed by atoms with Crippen LogP contribution in [-0.4, -0.2) is 33.3 Å². The second kappa shape index (κ2) is 7.15. The van der Waals surface area contributed by atoms with E-state index < -0.39 is 0 Å². The molecule has 1 heterocycles. The van der Waals surface area contributed by atoms with Gasteiger partial charge in [0.1, 0.15) is 16.5 Å². The molecule has 3 aromatic rings. The van der Waals surface area contributed by atoms with E-state index in [0.29, 0.717) is 0 Å². The number of thiazole rings is 1. The summed E-state index contributed by atoms with van der Waals surface area (Å²) in [5.41, 5.74) is 4.23. The van der Waals surface area contributed by atoms with Gasteiger partial charge < -0.3 is 14.4 Å². The summed E-state index contributed by atoms with van der Waals surface area (Å²) in [4.78, 5) is 8.12. The number of anilines is 1. The molecule has 4 nitrogen and oxygen atoms in total. The third kappa shape index (κ3) is 3.46. The zero-order valence-corrected chi connectivity index (χ0v) is 16.0. The molecular weight excluding hydrogens is 332 g/mol. The van der Waals surface area contributed by atoms with E-state index in [1.165, 1.54) is 5.69 Å². The Morgan fingerprint density at radius 1 is 0.960 bits per heavy atom. The lowest BCUT2D eigenvalue weighted by Crippen LogP contribution is -2.07. The normalized spacial score (nSPS) is 10.6. The van der Waals surface area contributed by atoms with Crippen LogP contribution >= 0.6 is 11.3 Å². The molecule has 0 aliphatic heterocycles. The number of benzene rings is 2. The van der Waals surface area contributed by atoms with Gasteiger partial charge >= 0.3 is 0 Å². The van der Waals surface area contributed by atoms with Crippen LogP contribution in [0.3, 0.4) is 0 Å². The van der Waals surface area contributed by atoms with Crippen LogP contribution < -0.4 is 14.4 Å². The van der Waals surface area contributed by atoms with Crippen molar-refractivity contribution in [3.8, 4) is 33.3 Å². The number of hydrogen-bond acceptors (Lipinski definition) is 5. The highest BCUT2D eigenvalue weighted by atomic mass is 32.1. The monoisotopic (exact) mass is 354 g/mol. The van der Waals surface area contributed by atoms with Gasteiger partial charge in [0, 0.05) is 41.9 Å². The van der Waals surface area contributed by atoms with Crippen molar-refractivity contribution in [2.45, 2.75) is 6.92 Å². The number of rotatable bonds is 5. The van der Waals surface area contributed by atoms with Crippen LogP contribution in [0.1, 0.15) is 4.88 Å². The van der Waals surface area contributed by atoms with Gasteiger partial charge in [-0.3, -0.25) is 0 Å². The highest BCUT2D eigenvalue weighted by Gasteiger charge is 2.16. The Morgan fingerprint density at radius 2 is 1.68 bits per heavy atom. The van der Waals surface area contributed by atoms with Gasteiger partial charge in [-0.05, 0) is 43.3 Å². The second-order valence-corrected chi connectivity index (χ2v) is 7.13. The Morgan fingerprint density at radius 3 is 2.28 bits per heavy atom. The predicted molar refractivity (Wildman–Crippen MR) is 105 cm³/mol. The standard InChI is InChI=1S/C20H22N2O2S/c1-13-19(17-11-10-16(23-4)12-18(17)24-5)21-20(25-13)14-6-8-15(9-7-14)22(2)3/h6-12H,1-5H3. The smallest absolute Gasteiger partial charge is 0.131 e. The molecular formula is C20H22N2O2S. The first kappa shape index (κ1) is 17.3. The summed E-state index contributed by atoms with van der Waals surface area (Å²) >= 11 is 1.69. The maximum absolute atomic E-state index is 5.53. The molecule has 0 unspecified atom stereocenters. The van der Waals surface area contributed by atoms with Gasteiger partial charge in [-0.1, -0.05) is 0 Å². The number of nitrogens with zero attached hydrogens (tertiary/aromatic N) is 2. The molecule has 0 aliphatic carbocycles. The van der Waals surface area contributed by atoms with Crippen LogP contribution in [0.15, 0.2) is 42.5 Å². The molecule has 0 N–H and O–H groups in total. The Kier molecular flexibility index (Phi) is 4.95. The first-order valence-electron chi connectivity index (χ1n) is 8.01. The Bertz CT molecular complexity index is 870. The number of ether oxygens (including phenoxy) is 2. The summed E-state index contributed by atoms with van der Waals surface area (Å²) in [6.45, 7) is 2.09. The van der Waals surface area contributed by atoms with E-state index in [2.05, 4.69) is 36.1 Å². The fourth-order valence-corrected chi connectivity index (χ4v) is 3.60. The van der Waals surface area contributed by atoms with Gasteiger partial charge in [0.15, 0.2) is 0 Å². The zero-order valence-electron chi connectivity index (χ0n) is 15.2. The van der Waals surface area contributed by atoms with E-state index in [1.807, 2.05) is 32.3 Å². The Labute approximate surface area is 152 Å². The lowest BCUT2D eigenvalue weighted by molar-refractivity contribution is 0.395. The van der Waals surface area contributed by atoms with E-state index in [9.17, 15) is 0 Å². The molecule has 5 heteroatoms. The molecule has 25 heavy (non-hydrogen) atoms. The Balaban J connectivity index is 2.00. The van der Waals surface area contributed by atoms with Gasteiger partial charge in [0.2, 0.25) is 0 Å². The molecule has 0 fully saturated rings.